The Morgan fingerprint density at radius 2 is 2.25 bits per heavy atom. The van der Waals surface area contributed by atoms with Gasteiger partial charge in [0, 0.05) is 25.4 Å². The van der Waals surface area contributed by atoms with Crippen LogP contribution in [0.15, 0.2) is 12.4 Å². The lowest BCUT2D eigenvalue weighted by Gasteiger charge is -2.35. The van der Waals surface area contributed by atoms with E-state index in [1.54, 1.807) is 10.8 Å². The van der Waals surface area contributed by atoms with Crippen LogP contribution in [0.4, 0.5) is 5.82 Å². The smallest absolute Gasteiger partial charge is 0.254 e. The van der Waals surface area contributed by atoms with Gasteiger partial charge in [-0.15, -0.1) is 0 Å². The summed E-state index contributed by atoms with van der Waals surface area (Å²) in [5, 5.41) is 13.7. The first kappa shape index (κ1) is 13.3. The van der Waals surface area contributed by atoms with Gasteiger partial charge in [0.15, 0.2) is 0 Å². The summed E-state index contributed by atoms with van der Waals surface area (Å²) in [6, 6.07) is 2.10. The van der Waals surface area contributed by atoms with Crippen LogP contribution in [0.25, 0.3) is 5.78 Å². The molecular weight excluding hydrogens is 254 g/mol. The van der Waals surface area contributed by atoms with E-state index in [2.05, 4.69) is 40.0 Å². The quantitative estimate of drug-likeness (QED) is 0.890. The predicted octanol–water partition coefficient (Wildman–Crippen LogP) is 1.28. The topological polar surface area (TPSA) is 66.5 Å². The van der Waals surface area contributed by atoms with Gasteiger partial charge in [-0.05, 0) is 25.2 Å². The van der Waals surface area contributed by atoms with Gasteiger partial charge in [-0.1, -0.05) is 13.3 Å². The molecule has 0 spiro atoms. The Morgan fingerprint density at radius 1 is 1.45 bits per heavy atom. The third kappa shape index (κ3) is 2.47. The van der Waals surface area contributed by atoms with Gasteiger partial charge in [0.05, 0.1) is 6.10 Å². The molecule has 3 rings (SSSR count). The Bertz CT molecular complexity index is 590. The molecule has 20 heavy (non-hydrogen) atoms. The minimum atomic E-state index is -0.104. The molecule has 1 saturated carbocycles. The maximum atomic E-state index is 9.40. The third-order valence-electron chi connectivity index (χ3n) is 3.93. The van der Waals surface area contributed by atoms with Gasteiger partial charge in [-0.2, -0.15) is 14.6 Å². The molecule has 6 nitrogen and oxygen atoms in total. The van der Waals surface area contributed by atoms with Gasteiger partial charge in [0.1, 0.15) is 12.1 Å². The first-order chi connectivity index (χ1) is 9.67. The first-order valence-corrected chi connectivity index (χ1v) is 7.26. The normalized spacial score (nSPS) is 21.9. The zero-order valence-corrected chi connectivity index (χ0v) is 12.0. The number of aliphatic hydroxyl groups is 1. The highest BCUT2D eigenvalue weighted by Crippen LogP contribution is 2.29. The summed E-state index contributed by atoms with van der Waals surface area (Å²) in [7, 11) is 2.07. The van der Waals surface area contributed by atoms with Crippen LogP contribution >= 0.6 is 0 Å². The van der Waals surface area contributed by atoms with Crippen molar-refractivity contribution in [3.63, 3.8) is 0 Å². The highest BCUT2D eigenvalue weighted by molar-refractivity contribution is 5.46. The molecule has 2 heterocycles. The highest BCUT2D eigenvalue weighted by Gasteiger charge is 2.28. The number of anilines is 1. The van der Waals surface area contributed by atoms with Gasteiger partial charge >= 0.3 is 0 Å². The van der Waals surface area contributed by atoms with Gasteiger partial charge in [-0.25, -0.2) is 4.98 Å². The van der Waals surface area contributed by atoms with E-state index in [1.165, 1.54) is 0 Å². The van der Waals surface area contributed by atoms with Crippen molar-refractivity contribution >= 4 is 11.6 Å². The molecular formula is C14H21N5O. The van der Waals surface area contributed by atoms with E-state index < -0.39 is 0 Å². The summed E-state index contributed by atoms with van der Waals surface area (Å²) in [6.07, 6.45) is 5.26. The molecule has 1 N–H and O–H groups in total. The van der Waals surface area contributed by atoms with Crippen molar-refractivity contribution in [3.8, 4) is 0 Å². The van der Waals surface area contributed by atoms with Gasteiger partial charge < -0.3 is 10.0 Å². The molecule has 108 valence electrons. The van der Waals surface area contributed by atoms with E-state index in [4.69, 9.17) is 0 Å². The summed E-state index contributed by atoms with van der Waals surface area (Å²) >= 11 is 0. The number of aromatic nitrogens is 4. The fourth-order valence-corrected chi connectivity index (χ4v) is 2.83. The van der Waals surface area contributed by atoms with Gasteiger partial charge in [0.25, 0.3) is 5.78 Å². The second kappa shape index (κ2) is 5.36. The van der Waals surface area contributed by atoms with Gasteiger partial charge in [-0.3, -0.25) is 0 Å². The minimum absolute atomic E-state index is 0.104. The molecule has 0 aliphatic heterocycles. The number of fused-ring (bicyclic) bond motifs is 1. The van der Waals surface area contributed by atoms with Crippen molar-refractivity contribution < 1.29 is 5.11 Å². The molecule has 1 fully saturated rings. The maximum Gasteiger partial charge on any atom is 0.254 e. The molecule has 0 bridgehead atoms. The van der Waals surface area contributed by atoms with E-state index in [0.29, 0.717) is 11.7 Å². The van der Waals surface area contributed by atoms with Crippen LogP contribution in [0, 0.1) is 5.92 Å². The molecule has 6 heteroatoms. The van der Waals surface area contributed by atoms with E-state index in [0.717, 1.165) is 43.7 Å². The molecule has 1 aliphatic carbocycles. The fourth-order valence-electron chi connectivity index (χ4n) is 2.83. The number of nitrogens with zero attached hydrogens (tertiary/aromatic N) is 5. The first-order valence-electron chi connectivity index (χ1n) is 7.26. The molecule has 0 atom stereocenters. The molecule has 1 aliphatic rings. The van der Waals surface area contributed by atoms with Crippen molar-refractivity contribution in [2.75, 3.05) is 18.5 Å². The van der Waals surface area contributed by atoms with Crippen LogP contribution in [-0.4, -0.2) is 44.4 Å². The number of aryl methyl sites for hydroxylation is 1. The largest absolute Gasteiger partial charge is 0.393 e. The van der Waals surface area contributed by atoms with Crippen molar-refractivity contribution in [2.45, 2.75) is 38.7 Å². The van der Waals surface area contributed by atoms with Crippen LogP contribution in [0.5, 0.6) is 0 Å². The Kier molecular flexibility index (Phi) is 3.56. The second-order valence-electron chi connectivity index (χ2n) is 5.70. The Morgan fingerprint density at radius 3 is 2.95 bits per heavy atom. The molecule has 0 unspecified atom stereocenters. The van der Waals surface area contributed by atoms with Crippen molar-refractivity contribution in [3.05, 3.63) is 18.1 Å². The maximum absolute atomic E-state index is 9.40. The molecule has 0 saturated heterocycles. The number of rotatable bonds is 5. The van der Waals surface area contributed by atoms with Gasteiger partial charge in [0.2, 0.25) is 0 Å². The SMILES string of the molecule is CCCc1cc(N(C)CC2CC(O)C2)n2ncnc2n1. The van der Waals surface area contributed by atoms with Crippen LogP contribution in [0.1, 0.15) is 31.9 Å². The minimum Gasteiger partial charge on any atom is -0.393 e. The summed E-state index contributed by atoms with van der Waals surface area (Å²) in [5.74, 6) is 2.25. The number of hydrogen-bond acceptors (Lipinski definition) is 5. The summed E-state index contributed by atoms with van der Waals surface area (Å²) in [4.78, 5) is 10.9. The Labute approximate surface area is 118 Å². The van der Waals surface area contributed by atoms with Crippen molar-refractivity contribution in [2.24, 2.45) is 5.92 Å². The number of hydrogen-bond donors (Lipinski definition) is 1. The zero-order chi connectivity index (χ0) is 14.1. The van der Waals surface area contributed by atoms with Crippen molar-refractivity contribution in [1.29, 1.82) is 0 Å². The lowest BCUT2D eigenvalue weighted by atomic mass is 9.82. The van der Waals surface area contributed by atoms with Crippen molar-refractivity contribution in [1.82, 2.24) is 19.6 Å². The van der Waals surface area contributed by atoms with E-state index in [1.807, 2.05) is 0 Å². The zero-order valence-electron chi connectivity index (χ0n) is 12.0. The lowest BCUT2D eigenvalue weighted by Crippen LogP contribution is -2.37. The highest BCUT2D eigenvalue weighted by atomic mass is 16.3. The summed E-state index contributed by atoms with van der Waals surface area (Å²) in [6.45, 7) is 3.08. The molecule has 2 aromatic heterocycles. The third-order valence-corrected chi connectivity index (χ3v) is 3.93. The predicted molar refractivity (Wildman–Crippen MR) is 76.8 cm³/mol. The summed E-state index contributed by atoms with van der Waals surface area (Å²) in [5.41, 5.74) is 1.06. The number of aliphatic hydroxyl groups excluding tert-OH is 1. The standard InChI is InChI=1S/C14H21N5O/c1-3-4-11-7-13(19-14(17-11)15-9-16-19)18(2)8-10-5-12(20)6-10/h7,9-10,12,20H,3-6,8H2,1-2H3. The van der Waals surface area contributed by atoms with Crippen LogP contribution in [0.3, 0.4) is 0 Å². The summed E-state index contributed by atoms with van der Waals surface area (Å²) < 4.78 is 1.79. The molecule has 0 amide bonds. The average molecular weight is 275 g/mol. The molecule has 0 radical (unpaired) electrons. The fraction of sp³-hybridized carbons (Fsp3) is 0.643. The van der Waals surface area contributed by atoms with Crippen LogP contribution < -0.4 is 4.90 Å². The Hall–Kier alpha value is -1.69. The molecule has 2 aromatic rings. The van der Waals surface area contributed by atoms with E-state index >= 15 is 0 Å². The van der Waals surface area contributed by atoms with Crippen LogP contribution in [-0.2, 0) is 6.42 Å². The Balaban J connectivity index is 1.86. The van der Waals surface area contributed by atoms with E-state index in [9.17, 15) is 5.11 Å². The van der Waals surface area contributed by atoms with Crippen LogP contribution in [0.2, 0.25) is 0 Å². The monoisotopic (exact) mass is 275 g/mol. The lowest BCUT2D eigenvalue weighted by molar-refractivity contribution is 0.0464. The molecule has 0 aromatic carbocycles. The second-order valence-corrected chi connectivity index (χ2v) is 5.70. The van der Waals surface area contributed by atoms with E-state index in [-0.39, 0.29) is 6.10 Å². The average Bonchev–Trinajstić information content (AvgIpc) is 2.84.